The van der Waals surface area contributed by atoms with E-state index in [0.717, 1.165) is 5.56 Å². The summed E-state index contributed by atoms with van der Waals surface area (Å²) in [5.41, 5.74) is 1.16. The normalized spacial score (nSPS) is 20.8. The molecule has 126 valence electrons. The van der Waals surface area contributed by atoms with Gasteiger partial charge in [0.15, 0.2) is 0 Å². The van der Waals surface area contributed by atoms with E-state index in [0.29, 0.717) is 24.9 Å². The van der Waals surface area contributed by atoms with Gasteiger partial charge in [0.25, 0.3) is 5.91 Å². The Labute approximate surface area is 138 Å². The first kappa shape index (κ1) is 16.2. The summed E-state index contributed by atoms with van der Waals surface area (Å²) in [4.78, 5) is 49.5. The molecule has 1 unspecified atom stereocenters. The van der Waals surface area contributed by atoms with Crippen molar-refractivity contribution in [2.75, 3.05) is 6.54 Å². The minimum Gasteiger partial charge on any atom is -0.480 e. The number of carbonyl (C=O) groups is 4. The van der Waals surface area contributed by atoms with Crippen LogP contribution < -0.4 is 0 Å². The number of carboxylic acids is 1. The number of aliphatic carboxylic acids is 1. The lowest BCUT2D eigenvalue weighted by molar-refractivity contribution is -0.141. The van der Waals surface area contributed by atoms with E-state index in [2.05, 4.69) is 0 Å². The molecule has 0 saturated carbocycles. The number of imide groups is 1. The van der Waals surface area contributed by atoms with E-state index in [-0.39, 0.29) is 37.1 Å². The maximum atomic E-state index is 12.5. The number of hydrogen-bond acceptors (Lipinski definition) is 4. The monoisotopic (exact) mass is 330 g/mol. The van der Waals surface area contributed by atoms with Gasteiger partial charge in [0, 0.05) is 24.9 Å². The Bertz CT molecular complexity index is 681. The van der Waals surface area contributed by atoms with Crippen molar-refractivity contribution in [1.82, 2.24) is 9.80 Å². The minimum absolute atomic E-state index is 0.179. The highest BCUT2D eigenvalue weighted by molar-refractivity contribution is 6.02. The third kappa shape index (κ3) is 3.02. The van der Waals surface area contributed by atoms with Crippen molar-refractivity contribution >= 4 is 23.7 Å². The molecule has 7 heteroatoms. The van der Waals surface area contributed by atoms with E-state index in [4.69, 9.17) is 5.11 Å². The van der Waals surface area contributed by atoms with Crippen LogP contribution in [0.5, 0.6) is 0 Å². The first-order valence-electron chi connectivity index (χ1n) is 7.93. The van der Waals surface area contributed by atoms with Crippen molar-refractivity contribution in [3.63, 3.8) is 0 Å². The zero-order valence-electron chi connectivity index (χ0n) is 13.1. The molecule has 0 radical (unpaired) electrons. The zero-order valence-corrected chi connectivity index (χ0v) is 13.1. The third-order valence-corrected chi connectivity index (χ3v) is 4.50. The van der Waals surface area contributed by atoms with Crippen LogP contribution >= 0.6 is 0 Å². The highest BCUT2D eigenvalue weighted by atomic mass is 16.4. The fourth-order valence-corrected chi connectivity index (χ4v) is 3.17. The number of likely N-dealkylation sites (tertiary alicyclic amines) is 2. The number of hydrogen-bond donors (Lipinski definition) is 1. The highest BCUT2D eigenvalue weighted by Gasteiger charge is 2.34. The maximum absolute atomic E-state index is 12.5. The Morgan fingerprint density at radius 2 is 1.71 bits per heavy atom. The average molecular weight is 330 g/mol. The lowest BCUT2D eigenvalue weighted by Crippen LogP contribution is -2.40. The van der Waals surface area contributed by atoms with Gasteiger partial charge < -0.3 is 10.0 Å². The van der Waals surface area contributed by atoms with Gasteiger partial charge in [0.1, 0.15) is 6.04 Å². The third-order valence-electron chi connectivity index (χ3n) is 4.50. The van der Waals surface area contributed by atoms with Crippen LogP contribution in [0.2, 0.25) is 0 Å². The molecule has 1 aromatic carbocycles. The van der Waals surface area contributed by atoms with E-state index in [1.807, 2.05) is 0 Å². The molecule has 0 aliphatic carbocycles. The first-order chi connectivity index (χ1) is 11.5. The number of amides is 3. The topological polar surface area (TPSA) is 95.0 Å². The fraction of sp³-hybridized carbons (Fsp3) is 0.412. The smallest absolute Gasteiger partial charge is 0.326 e. The van der Waals surface area contributed by atoms with E-state index in [1.54, 1.807) is 24.3 Å². The van der Waals surface area contributed by atoms with E-state index in [1.165, 1.54) is 9.80 Å². The average Bonchev–Trinajstić information content (AvgIpc) is 3.17. The van der Waals surface area contributed by atoms with Gasteiger partial charge in [-0.05, 0) is 30.5 Å². The number of carboxylic acid groups (broad SMARTS) is 1. The molecule has 3 amide bonds. The van der Waals surface area contributed by atoms with Crippen molar-refractivity contribution < 1.29 is 24.3 Å². The lowest BCUT2D eigenvalue weighted by atomic mass is 10.1. The molecular formula is C17H18N2O5. The molecule has 7 nitrogen and oxygen atoms in total. The molecule has 1 aromatic rings. The summed E-state index contributed by atoms with van der Waals surface area (Å²) < 4.78 is 0. The van der Waals surface area contributed by atoms with Crippen LogP contribution in [0.25, 0.3) is 0 Å². The van der Waals surface area contributed by atoms with Crippen LogP contribution in [0.15, 0.2) is 24.3 Å². The van der Waals surface area contributed by atoms with Crippen molar-refractivity contribution in [1.29, 1.82) is 0 Å². The van der Waals surface area contributed by atoms with Crippen LogP contribution in [0.4, 0.5) is 0 Å². The van der Waals surface area contributed by atoms with Crippen LogP contribution in [0.1, 0.15) is 41.6 Å². The molecule has 1 N–H and O–H groups in total. The Kier molecular flexibility index (Phi) is 4.33. The number of nitrogens with zero attached hydrogens (tertiary/aromatic N) is 2. The van der Waals surface area contributed by atoms with Gasteiger partial charge in [-0.3, -0.25) is 19.3 Å². The van der Waals surface area contributed by atoms with Gasteiger partial charge in [-0.1, -0.05) is 12.1 Å². The lowest BCUT2D eigenvalue weighted by Gasteiger charge is -2.21. The van der Waals surface area contributed by atoms with Gasteiger partial charge in [-0.2, -0.15) is 0 Å². The van der Waals surface area contributed by atoms with Crippen molar-refractivity contribution in [3.8, 4) is 0 Å². The van der Waals surface area contributed by atoms with Gasteiger partial charge in [-0.15, -0.1) is 0 Å². The Morgan fingerprint density at radius 3 is 2.29 bits per heavy atom. The predicted octanol–water partition coefficient (Wildman–Crippen LogP) is 1.02. The molecule has 0 bridgehead atoms. The molecule has 3 rings (SSSR count). The van der Waals surface area contributed by atoms with Crippen LogP contribution in [-0.2, 0) is 20.9 Å². The van der Waals surface area contributed by atoms with Crippen LogP contribution in [0, 0.1) is 0 Å². The van der Waals surface area contributed by atoms with Crippen molar-refractivity contribution in [3.05, 3.63) is 35.4 Å². The second kappa shape index (κ2) is 6.43. The Balaban J connectivity index is 1.70. The molecule has 0 spiro atoms. The second-order valence-corrected chi connectivity index (χ2v) is 6.07. The molecular weight excluding hydrogens is 312 g/mol. The van der Waals surface area contributed by atoms with Crippen LogP contribution in [-0.4, -0.2) is 51.2 Å². The summed E-state index contributed by atoms with van der Waals surface area (Å²) in [6, 6.07) is 5.84. The molecule has 0 aromatic heterocycles. The molecule has 2 heterocycles. The zero-order chi connectivity index (χ0) is 17.3. The summed E-state index contributed by atoms with van der Waals surface area (Å²) >= 11 is 0. The molecule has 24 heavy (non-hydrogen) atoms. The van der Waals surface area contributed by atoms with Crippen LogP contribution in [0.3, 0.4) is 0 Å². The van der Waals surface area contributed by atoms with E-state index < -0.39 is 12.0 Å². The summed E-state index contributed by atoms with van der Waals surface area (Å²) in [6.07, 6.45) is 1.65. The van der Waals surface area contributed by atoms with Crippen molar-refractivity contribution in [2.45, 2.75) is 38.3 Å². The molecule has 2 saturated heterocycles. The standard InChI is InChI=1S/C17H18N2O5/c20-14-7-8-15(21)19(14)10-11-3-5-12(6-4-11)16(22)18-9-1-2-13(18)17(23)24/h3-6,13H,1-2,7-10H2,(H,23,24). The molecule has 2 aliphatic heterocycles. The number of rotatable bonds is 4. The van der Waals surface area contributed by atoms with Gasteiger partial charge >= 0.3 is 5.97 Å². The highest BCUT2D eigenvalue weighted by Crippen LogP contribution is 2.21. The Morgan fingerprint density at radius 1 is 1.08 bits per heavy atom. The summed E-state index contributed by atoms with van der Waals surface area (Å²) in [5.74, 6) is -1.65. The summed E-state index contributed by atoms with van der Waals surface area (Å²) in [6.45, 7) is 0.641. The van der Waals surface area contributed by atoms with E-state index >= 15 is 0 Å². The second-order valence-electron chi connectivity index (χ2n) is 6.07. The molecule has 2 aliphatic rings. The predicted molar refractivity (Wildman–Crippen MR) is 82.9 cm³/mol. The van der Waals surface area contributed by atoms with Gasteiger partial charge in [0.05, 0.1) is 6.54 Å². The SMILES string of the molecule is O=C(O)C1CCCN1C(=O)c1ccc(CN2C(=O)CCC2=O)cc1. The quantitative estimate of drug-likeness (QED) is 0.832. The fourth-order valence-electron chi connectivity index (χ4n) is 3.17. The van der Waals surface area contributed by atoms with E-state index in [9.17, 15) is 19.2 Å². The first-order valence-corrected chi connectivity index (χ1v) is 7.93. The molecule has 1 atom stereocenters. The van der Waals surface area contributed by atoms with Gasteiger partial charge in [-0.25, -0.2) is 4.79 Å². The minimum atomic E-state index is -0.983. The largest absolute Gasteiger partial charge is 0.480 e. The summed E-state index contributed by atoms with van der Waals surface area (Å²) in [5, 5.41) is 9.17. The maximum Gasteiger partial charge on any atom is 0.326 e. The number of carbonyl (C=O) groups excluding carboxylic acids is 3. The van der Waals surface area contributed by atoms with Gasteiger partial charge in [0.2, 0.25) is 11.8 Å². The molecule has 2 fully saturated rings. The summed E-state index contributed by atoms with van der Waals surface area (Å²) in [7, 11) is 0. The number of benzene rings is 1. The van der Waals surface area contributed by atoms with Crippen molar-refractivity contribution in [2.24, 2.45) is 0 Å². The Hall–Kier alpha value is -2.70.